The first-order chi connectivity index (χ1) is 29.5. The predicted octanol–water partition coefficient (Wildman–Crippen LogP) is 14.0. The largest absolute Gasteiger partial charge is 0.494 e. The predicted molar refractivity (Wildman–Crippen MR) is 246 cm³/mol. The highest BCUT2D eigenvalue weighted by Gasteiger charge is 2.21. The fourth-order valence-corrected chi connectivity index (χ4v) is 8.08. The zero-order chi connectivity index (χ0) is 41.0. The minimum absolute atomic E-state index is 0.674. The number of rotatable bonds is 16. The summed E-state index contributed by atoms with van der Waals surface area (Å²) in [5.41, 5.74) is 11.5. The molecule has 8 heteroatoms. The molecule has 306 valence electrons. The summed E-state index contributed by atoms with van der Waals surface area (Å²) < 4.78 is 25.0. The Kier molecular flexibility index (Phi) is 11.4. The Morgan fingerprint density at radius 3 is 1.03 bits per heavy atom. The minimum atomic E-state index is 0.674. The monoisotopic (exact) mass is 798 g/mol. The number of nitrogens with one attached hydrogen (secondary N) is 2. The van der Waals surface area contributed by atoms with Crippen molar-refractivity contribution in [2.75, 3.05) is 26.4 Å². The number of ether oxygens (including phenoxy) is 4. The van der Waals surface area contributed by atoms with Gasteiger partial charge in [0.05, 0.1) is 49.2 Å². The van der Waals surface area contributed by atoms with E-state index in [-0.39, 0.29) is 0 Å². The van der Waals surface area contributed by atoms with E-state index in [0.717, 1.165) is 163 Å². The van der Waals surface area contributed by atoms with Crippen LogP contribution in [0.25, 0.3) is 88.6 Å². The van der Waals surface area contributed by atoms with Gasteiger partial charge in [0, 0.05) is 65.9 Å². The van der Waals surface area contributed by atoms with Crippen molar-refractivity contribution in [2.24, 2.45) is 0 Å². The van der Waals surface area contributed by atoms with Gasteiger partial charge in [-0.05, 0) is 123 Å². The van der Waals surface area contributed by atoms with Gasteiger partial charge in [0.25, 0.3) is 0 Å². The van der Waals surface area contributed by atoms with Crippen LogP contribution in [0, 0.1) is 0 Å². The van der Waals surface area contributed by atoms with Gasteiger partial charge in [-0.1, -0.05) is 53.4 Å². The Labute approximate surface area is 351 Å². The number of aromatic nitrogens is 4. The van der Waals surface area contributed by atoms with Crippen LogP contribution in [0.3, 0.4) is 0 Å². The Morgan fingerprint density at radius 1 is 0.350 bits per heavy atom. The third-order valence-corrected chi connectivity index (χ3v) is 11.4. The van der Waals surface area contributed by atoms with E-state index in [2.05, 4.69) is 135 Å². The second kappa shape index (κ2) is 17.5. The molecule has 0 spiro atoms. The summed E-state index contributed by atoms with van der Waals surface area (Å²) in [6.45, 7) is 11.4. The van der Waals surface area contributed by atoms with E-state index in [1.807, 2.05) is 0 Å². The third kappa shape index (κ3) is 7.91. The summed E-state index contributed by atoms with van der Waals surface area (Å²) in [5, 5.41) is 4.27. The maximum atomic E-state index is 6.25. The summed E-state index contributed by atoms with van der Waals surface area (Å²) in [5.74, 6) is 3.38. The molecule has 5 heterocycles. The standard InChI is InChI=1S/C52H54N4O4/c1-5-9-21-57-33-13-17-37-41(25-33)49-29-46-38-18-14-34(58-22-10-6-2)26-42(38)51(54-46)31-48-40-20-16-36(60-24-12-8-4)28-44(40)52(56-48)32-47-39-19-15-35(59-23-11-7-3)27-43(39)50(55-47)30-45(37)53-49/h13-20,25-32,53,56H,5-12,21-24H2,1-4H3. The van der Waals surface area contributed by atoms with Gasteiger partial charge in [-0.15, -0.1) is 0 Å². The number of H-pyrrole nitrogens is 2. The first kappa shape index (κ1) is 39.2. The molecule has 2 aliphatic heterocycles. The third-order valence-electron chi connectivity index (χ3n) is 11.4. The van der Waals surface area contributed by atoms with Crippen LogP contribution in [0.1, 0.15) is 79.1 Å². The van der Waals surface area contributed by atoms with Gasteiger partial charge in [-0.3, -0.25) is 0 Å². The van der Waals surface area contributed by atoms with Crippen molar-refractivity contribution in [3.05, 3.63) is 97.1 Å². The molecule has 0 amide bonds. The van der Waals surface area contributed by atoms with E-state index in [9.17, 15) is 0 Å². The highest BCUT2D eigenvalue weighted by Crippen LogP contribution is 2.43. The lowest BCUT2D eigenvalue weighted by molar-refractivity contribution is 0.309. The van der Waals surface area contributed by atoms with Crippen LogP contribution >= 0.6 is 0 Å². The van der Waals surface area contributed by atoms with Crippen LogP contribution in [0.15, 0.2) is 97.1 Å². The Hall–Kier alpha value is -6.28. The number of aromatic amines is 2. The van der Waals surface area contributed by atoms with Crippen LogP contribution in [0.4, 0.5) is 0 Å². The van der Waals surface area contributed by atoms with Crippen LogP contribution < -0.4 is 18.9 Å². The highest BCUT2D eigenvalue weighted by molar-refractivity contribution is 6.11. The molecular weight excluding hydrogens is 745 g/mol. The van der Waals surface area contributed by atoms with Crippen molar-refractivity contribution in [1.82, 2.24) is 19.9 Å². The molecule has 0 atom stereocenters. The highest BCUT2D eigenvalue weighted by atomic mass is 16.5. The van der Waals surface area contributed by atoms with Gasteiger partial charge in [0.2, 0.25) is 0 Å². The molecule has 0 unspecified atom stereocenters. The average molecular weight is 799 g/mol. The lowest BCUT2D eigenvalue weighted by atomic mass is 10.0. The van der Waals surface area contributed by atoms with E-state index in [1.54, 1.807) is 0 Å². The van der Waals surface area contributed by atoms with Crippen molar-refractivity contribution in [3.8, 4) is 68.0 Å². The molecule has 3 aromatic heterocycles. The zero-order valence-electron chi connectivity index (χ0n) is 35.3. The summed E-state index contributed by atoms with van der Waals surface area (Å²) in [7, 11) is 0. The normalized spacial score (nSPS) is 11.8. The maximum Gasteiger partial charge on any atom is 0.120 e. The van der Waals surface area contributed by atoms with Crippen molar-refractivity contribution in [1.29, 1.82) is 0 Å². The van der Waals surface area contributed by atoms with Gasteiger partial charge in [-0.2, -0.15) is 0 Å². The molecule has 8 bridgehead atoms. The molecule has 60 heavy (non-hydrogen) atoms. The fraction of sp³-hybridized carbons (Fsp3) is 0.308. The summed E-state index contributed by atoms with van der Waals surface area (Å²) in [6.07, 6.45) is 8.29. The molecule has 8 nitrogen and oxygen atoms in total. The first-order valence-electron chi connectivity index (χ1n) is 22.0. The number of hydrogen-bond donors (Lipinski definition) is 2. The van der Waals surface area contributed by atoms with E-state index in [0.29, 0.717) is 26.4 Å². The van der Waals surface area contributed by atoms with Gasteiger partial charge >= 0.3 is 0 Å². The number of unbranched alkanes of at least 4 members (excludes halogenated alkanes) is 4. The number of nitrogens with zero attached hydrogens (tertiary/aromatic N) is 2. The van der Waals surface area contributed by atoms with E-state index in [1.165, 1.54) is 0 Å². The summed E-state index contributed by atoms with van der Waals surface area (Å²) in [6, 6.07) is 34.1. The molecule has 0 saturated heterocycles. The van der Waals surface area contributed by atoms with Crippen LogP contribution in [0.2, 0.25) is 0 Å². The summed E-state index contributed by atoms with van der Waals surface area (Å²) in [4.78, 5) is 18.4. The molecule has 2 N–H and O–H groups in total. The molecule has 4 aromatic carbocycles. The van der Waals surface area contributed by atoms with Crippen LogP contribution in [-0.4, -0.2) is 46.4 Å². The Balaban J connectivity index is 1.34. The molecule has 2 aliphatic rings. The van der Waals surface area contributed by atoms with Gasteiger partial charge in [0.15, 0.2) is 0 Å². The molecular formula is C52H54N4O4. The molecule has 9 rings (SSSR count). The van der Waals surface area contributed by atoms with Gasteiger partial charge in [-0.25, -0.2) is 9.97 Å². The molecule has 7 aromatic rings. The Morgan fingerprint density at radius 2 is 0.667 bits per heavy atom. The van der Waals surface area contributed by atoms with Gasteiger partial charge < -0.3 is 28.9 Å². The fourth-order valence-electron chi connectivity index (χ4n) is 8.08. The van der Waals surface area contributed by atoms with E-state index >= 15 is 0 Å². The minimum Gasteiger partial charge on any atom is -0.494 e. The average Bonchev–Trinajstić information content (AvgIpc) is 3.99. The zero-order valence-corrected chi connectivity index (χ0v) is 35.3. The summed E-state index contributed by atoms with van der Waals surface area (Å²) >= 11 is 0. The number of hydrogen-bond acceptors (Lipinski definition) is 6. The quantitative estimate of drug-likeness (QED) is 0.0946. The van der Waals surface area contributed by atoms with Crippen molar-refractivity contribution in [2.45, 2.75) is 79.1 Å². The second-order valence-corrected chi connectivity index (χ2v) is 15.9. The Bertz CT molecular complexity index is 2660. The second-order valence-electron chi connectivity index (χ2n) is 15.9. The van der Waals surface area contributed by atoms with Crippen LogP contribution in [-0.2, 0) is 0 Å². The smallest absolute Gasteiger partial charge is 0.120 e. The van der Waals surface area contributed by atoms with Crippen molar-refractivity contribution < 1.29 is 18.9 Å². The SMILES string of the molecule is CCCCOc1ccc2c(c1)-c1cc3[nH]c(cc4nc(cc5[nH]c(cc-2n1)c1cc(OCCCC)ccc51)-c1cc(OCCCC)ccc1-4)c1cc(OCCCC)ccc31. The van der Waals surface area contributed by atoms with Gasteiger partial charge in [0.1, 0.15) is 23.0 Å². The lowest BCUT2D eigenvalue weighted by Gasteiger charge is -2.07. The molecule has 0 saturated carbocycles. The van der Waals surface area contributed by atoms with E-state index in [4.69, 9.17) is 28.9 Å². The van der Waals surface area contributed by atoms with Crippen LogP contribution in [0.5, 0.6) is 23.0 Å². The molecule has 0 radical (unpaired) electrons. The number of benzene rings is 4. The number of fused-ring (bicyclic) bond motifs is 20. The first-order valence-corrected chi connectivity index (χ1v) is 22.0. The van der Waals surface area contributed by atoms with Crippen molar-refractivity contribution in [3.63, 3.8) is 0 Å². The van der Waals surface area contributed by atoms with Crippen molar-refractivity contribution >= 4 is 43.6 Å². The molecule has 0 fully saturated rings. The van der Waals surface area contributed by atoms with E-state index < -0.39 is 0 Å². The lowest BCUT2D eigenvalue weighted by Crippen LogP contribution is -1.96. The topological polar surface area (TPSA) is 94.3 Å². The maximum absolute atomic E-state index is 6.25. The molecule has 0 aliphatic carbocycles.